The van der Waals surface area contributed by atoms with Crippen LogP contribution in [-0.4, -0.2) is 54.4 Å². The Kier molecular flexibility index (Phi) is 5.57. The summed E-state index contributed by atoms with van der Waals surface area (Å²) in [6.07, 6.45) is 1.96. The Morgan fingerprint density at radius 3 is 2.82 bits per heavy atom. The second-order valence-corrected chi connectivity index (χ2v) is 4.97. The topological polar surface area (TPSA) is 87.7 Å². The monoisotopic (exact) mass is 262 g/mol. The highest BCUT2D eigenvalue weighted by atomic mass is 32.2. The first-order valence-electron chi connectivity index (χ1n) is 5.41. The van der Waals surface area contributed by atoms with Crippen LogP contribution in [0.25, 0.3) is 0 Å². The van der Waals surface area contributed by atoms with E-state index in [1.54, 1.807) is 11.8 Å². The molecule has 0 spiro atoms. The van der Waals surface area contributed by atoms with Crippen molar-refractivity contribution in [2.75, 3.05) is 25.2 Å². The van der Waals surface area contributed by atoms with Gasteiger partial charge in [-0.25, -0.2) is 4.79 Å². The van der Waals surface area contributed by atoms with Gasteiger partial charge in [0.1, 0.15) is 5.92 Å². The molecule has 0 bridgehead atoms. The molecule has 0 radical (unpaired) electrons. The van der Waals surface area contributed by atoms with Gasteiger partial charge < -0.3 is 20.5 Å². The van der Waals surface area contributed by atoms with E-state index >= 15 is 0 Å². The zero-order valence-corrected chi connectivity index (χ0v) is 10.8. The maximum atomic E-state index is 11.6. The van der Waals surface area contributed by atoms with Crippen molar-refractivity contribution in [3.63, 3.8) is 0 Å². The number of carbonyl (C=O) groups is 2. The summed E-state index contributed by atoms with van der Waals surface area (Å²) in [6, 6.07) is -0.738. The molecule has 3 unspecified atom stereocenters. The lowest BCUT2D eigenvalue weighted by atomic mass is 10.0. The lowest BCUT2D eigenvalue weighted by Gasteiger charge is -2.18. The smallest absolute Gasteiger partial charge is 0.315 e. The molecule has 7 heteroatoms. The predicted molar refractivity (Wildman–Crippen MR) is 65.2 cm³/mol. The molecule has 3 N–H and O–H groups in total. The van der Waals surface area contributed by atoms with Gasteiger partial charge in [0.25, 0.3) is 0 Å². The van der Waals surface area contributed by atoms with Crippen LogP contribution in [0.1, 0.15) is 6.92 Å². The van der Waals surface area contributed by atoms with Crippen LogP contribution in [0.3, 0.4) is 0 Å². The Hall–Kier alpha value is -0.950. The van der Waals surface area contributed by atoms with Gasteiger partial charge in [-0.05, 0) is 13.2 Å². The van der Waals surface area contributed by atoms with E-state index in [0.717, 1.165) is 5.75 Å². The lowest BCUT2D eigenvalue weighted by molar-refractivity contribution is -0.142. The Balaban J connectivity index is 2.37. The lowest BCUT2D eigenvalue weighted by Crippen LogP contribution is -2.49. The van der Waals surface area contributed by atoms with Crippen LogP contribution in [0.4, 0.5) is 4.79 Å². The summed E-state index contributed by atoms with van der Waals surface area (Å²) >= 11 is 1.64. The van der Waals surface area contributed by atoms with E-state index in [4.69, 9.17) is 9.84 Å². The van der Waals surface area contributed by atoms with E-state index in [1.807, 2.05) is 13.2 Å². The van der Waals surface area contributed by atoms with Gasteiger partial charge in [0.05, 0.1) is 19.3 Å². The third-order valence-electron chi connectivity index (χ3n) is 2.51. The number of hydrogen-bond donors (Lipinski definition) is 3. The molecule has 1 heterocycles. The van der Waals surface area contributed by atoms with Gasteiger partial charge in [0.15, 0.2) is 0 Å². The molecule has 6 nitrogen and oxygen atoms in total. The molecule has 3 atom stereocenters. The molecule has 1 aliphatic rings. The molecule has 17 heavy (non-hydrogen) atoms. The maximum Gasteiger partial charge on any atom is 0.315 e. The van der Waals surface area contributed by atoms with Crippen LogP contribution < -0.4 is 10.6 Å². The number of ether oxygens (including phenoxy) is 1. The maximum absolute atomic E-state index is 11.6. The van der Waals surface area contributed by atoms with Crippen molar-refractivity contribution in [1.82, 2.24) is 10.6 Å². The number of aliphatic carboxylic acids is 1. The average molecular weight is 262 g/mol. The standard InChI is InChI=1S/C10H18N2O4S/c1-6(5-17-2)11-10(15)12-8-4-16-3-7(8)9(13)14/h6-8H,3-5H2,1-2H3,(H,13,14)(H2,11,12,15). The van der Waals surface area contributed by atoms with Crippen LogP contribution in [0.15, 0.2) is 0 Å². The zero-order valence-electron chi connectivity index (χ0n) is 9.93. The van der Waals surface area contributed by atoms with Crippen LogP contribution in [0.5, 0.6) is 0 Å². The predicted octanol–water partition coefficient (Wildman–Crippen LogP) is 0.137. The van der Waals surface area contributed by atoms with Crippen molar-refractivity contribution in [1.29, 1.82) is 0 Å². The second-order valence-electron chi connectivity index (χ2n) is 4.06. The molecular formula is C10H18N2O4S. The third kappa shape index (κ3) is 4.43. The van der Waals surface area contributed by atoms with Crippen molar-refractivity contribution in [3.05, 3.63) is 0 Å². The van der Waals surface area contributed by atoms with Gasteiger partial charge in [-0.2, -0.15) is 11.8 Å². The molecular weight excluding hydrogens is 244 g/mol. The minimum Gasteiger partial charge on any atom is -0.481 e. The number of carboxylic acids is 1. The Labute approximate surface area is 104 Å². The van der Waals surface area contributed by atoms with E-state index in [1.165, 1.54) is 0 Å². The third-order valence-corrected chi connectivity index (χ3v) is 3.34. The molecule has 0 aromatic rings. The van der Waals surface area contributed by atoms with Crippen molar-refractivity contribution < 1.29 is 19.4 Å². The van der Waals surface area contributed by atoms with Crippen LogP contribution in [0.2, 0.25) is 0 Å². The van der Waals surface area contributed by atoms with Crippen LogP contribution in [0, 0.1) is 5.92 Å². The Bertz CT molecular complexity index is 287. The highest BCUT2D eigenvalue weighted by Crippen LogP contribution is 2.13. The molecule has 1 fully saturated rings. The molecule has 1 saturated heterocycles. The number of amides is 2. The zero-order chi connectivity index (χ0) is 12.8. The highest BCUT2D eigenvalue weighted by Gasteiger charge is 2.35. The van der Waals surface area contributed by atoms with Crippen molar-refractivity contribution in [2.24, 2.45) is 5.92 Å². The molecule has 98 valence electrons. The van der Waals surface area contributed by atoms with E-state index in [-0.39, 0.29) is 25.3 Å². The van der Waals surface area contributed by atoms with E-state index in [0.29, 0.717) is 0 Å². The molecule has 0 aromatic heterocycles. The van der Waals surface area contributed by atoms with Gasteiger partial charge in [0, 0.05) is 11.8 Å². The summed E-state index contributed by atoms with van der Waals surface area (Å²) in [6.45, 7) is 2.30. The van der Waals surface area contributed by atoms with Crippen molar-refractivity contribution in [3.8, 4) is 0 Å². The summed E-state index contributed by atoms with van der Waals surface area (Å²) in [5, 5.41) is 14.3. The normalized spacial score (nSPS) is 25.3. The quantitative estimate of drug-likeness (QED) is 0.656. The number of carbonyl (C=O) groups excluding carboxylic acids is 1. The van der Waals surface area contributed by atoms with Gasteiger partial charge in [-0.15, -0.1) is 0 Å². The first kappa shape index (κ1) is 14.1. The number of thioether (sulfide) groups is 1. The fourth-order valence-electron chi connectivity index (χ4n) is 1.67. The summed E-state index contributed by atoms with van der Waals surface area (Å²) in [5.41, 5.74) is 0. The minimum atomic E-state index is -0.940. The fraction of sp³-hybridized carbons (Fsp3) is 0.800. The van der Waals surface area contributed by atoms with Gasteiger partial charge >= 0.3 is 12.0 Å². The minimum absolute atomic E-state index is 0.0515. The molecule has 0 aliphatic carbocycles. The first-order valence-corrected chi connectivity index (χ1v) is 6.80. The van der Waals surface area contributed by atoms with Crippen molar-refractivity contribution >= 4 is 23.8 Å². The largest absolute Gasteiger partial charge is 0.481 e. The summed E-state index contributed by atoms with van der Waals surface area (Å²) in [5.74, 6) is -0.779. The van der Waals surface area contributed by atoms with E-state index in [9.17, 15) is 9.59 Å². The summed E-state index contributed by atoms with van der Waals surface area (Å²) in [4.78, 5) is 22.4. The SMILES string of the molecule is CSCC(C)NC(=O)NC1COCC1C(=O)O. The van der Waals surface area contributed by atoms with Gasteiger partial charge in [-0.3, -0.25) is 4.79 Å². The molecule has 1 rings (SSSR count). The highest BCUT2D eigenvalue weighted by molar-refractivity contribution is 7.98. The fourth-order valence-corrected chi connectivity index (χ4v) is 2.25. The second kappa shape index (κ2) is 6.70. The van der Waals surface area contributed by atoms with Crippen LogP contribution in [-0.2, 0) is 9.53 Å². The Morgan fingerprint density at radius 1 is 1.53 bits per heavy atom. The molecule has 1 aliphatic heterocycles. The Morgan fingerprint density at radius 2 is 2.24 bits per heavy atom. The molecule has 2 amide bonds. The molecule has 0 saturated carbocycles. The number of nitrogens with one attached hydrogen (secondary N) is 2. The van der Waals surface area contributed by atoms with Crippen molar-refractivity contribution in [2.45, 2.75) is 19.0 Å². The van der Waals surface area contributed by atoms with E-state index in [2.05, 4.69) is 10.6 Å². The van der Waals surface area contributed by atoms with Gasteiger partial charge in [-0.1, -0.05) is 0 Å². The molecule has 0 aromatic carbocycles. The first-order chi connectivity index (χ1) is 8.04. The summed E-state index contributed by atoms with van der Waals surface area (Å²) < 4.78 is 5.06. The number of hydrogen-bond acceptors (Lipinski definition) is 4. The number of urea groups is 1. The number of rotatable bonds is 5. The van der Waals surface area contributed by atoms with Gasteiger partial charge in [0.2, 0.25) is 0 Å². The van der Waals surface area contributed by atoms with Crippen LogP contribution >= 0.6 is 11.8 Å². The van der Waals surface area contributed by atoms with E-state index < -0.39 is 17.9 Å². The summed E-state index contributed by atoms with van der Waals surface area (Å²) in [7, 11) is 0. The number of carboxylic acid groups (broad SMARTS) is 1. The average Bonchev–Trinajstić information content (AvgIpc) is 2.65.